The normalized spacial score (nSPS) is 21.1. The monoisotopic (exact) mass is 326 g/mol. The molecule has 4 rings (SSSR count). The van der Waals surface area contributed by atoms with Crippen molar-refractivity contribution in [3.63, 3.8) is 0 Å². The van der Waals surface area contributed by atoms with Crippen LogP contribution < -0.4 is 0 Å². The highest BCUT2D eigenvalue weighted by molar-refractivity contribution is 5.92. The van der Waals surface area contributed by atoms with Crippen LogP contribution in [0.5, 0.6) is 0 Å². The van der Waals surface area contributed by atoms with Crippen molar-refractivity contribution >= 4 is 5.91 Å². The van der Waals surface area contributed by atoms with Gasteiger partial charge in [-0.25, -0.2) is 9.97 Å². The van der Waals surface area contributed by atoms with Gasteiger partial charge in [0.15, 0.2) is 5.82 Å². The maximum atomic E-state index is 12.8. The SMILES string of the molecule is CN1CCc2nc([C@@H]3CCCN3C(=O)c3ccn(C)n3)ncc2C1. The number of carbonyl (C=O) groups is 1. The molecule has 0 bridgehead atoms. The fourth-order valence-electron chi connectivity index (χ4n) is 3.59. The number of aromatic nitrogens is 4. The molecule has 0 spiro atoms. The number of likely N-dealkylation sites (N-methyl/N-ethyl adjacent to an activating group) is 1. The van der Waals surface area contributed by atoms with Gasteiger partial charge in [0, 0.05) is 56.8 Å². The third-order valence-electron chi connectivity index (χ3n) is 4.89. The molecule has 0 radical (unpaired) electrons. The van der Waals surface area contributed by atoms with E-state index in [4.69, 9.17) is 4.98 Å². The Kier molecular flexibility index (Phi) is 3.80. The number of aryl methyl sites for hydroxylation is 1. The van der Waals surface area contributed by atoms with Gasteiger partial charge in [0.25, 0.3) is 5.91 Å². The van der Waals surface area contributed by atoms with Gasteiger partial charge in [0.2, 0.25) is 0 Å². The molecule has 2 aliphatic heterocycles. The van der Waals surface area contributed by atoms with E-state index in [0.29, 0.717) is 5.69 Å². The van der Waals surface area contributed by atoms with Crippen LogP contribution in [0.4, 0.5) is 0 Å². The Labute approximate surface area is 141 Å². The minimum Gasteiger partial charge on any atom is -0.327 e. The van der Waals surface area contributed by atoms with Crippen LogP contribution >= 0.6 is 0 Å². The van der Waals surface area contributed by atoms with Gasteiger partial charge in [-0.15, -0.1) is 0 Å². The van der Waals surface area contributed by atoms with E-state index >= 15 is 0 Å². The number of rotatable bonds is 2. The van der Waals surface area contributed by atoms with Gasteiger partial charge in [-0.3, -0.25) is 9.48 Å². The lowest BCUT2D eigenvalue weighted by molar-refractivity contribution is 0.0722. The molecule has 2 aromatic heterocycles. The molecule has 0 aromatic carbocycles. The molecule has 0 saturated carbocycles. The Hall–Kier alpha value is -2.28. The van der Waals surface area contributed by atoms with Crippen LogP contribution in [-0.4, -0.2) is 55.6 Å². The molecule has 0 N–H and O–H groups in total. The molecule has 1 amide bonds. The van der Waals surface area contributed by atoms with E-state index in [1.165, 1.54) is 5.56 Å². The quantitative estimate of drug-likeness (QED) is 0.829. The topological polar surface area (TPSA) is 67.2 Å². The Bertz CT molecular complexity index is 770. The summed E-state index contributed by atoms with van der Waals surface area (Å²) in [6, 6.07) is 1.73. The van der Waals surface area contributed by atoms with Crippen LogP contribution in [-0.2, 0) is 20.0 Å². The van der Waals surface area contributed by atoms with E-state index in [2.05, 4.69) is 22.0 Å². The predicted octanol–water partition coefficient (Wildman–Crippen LogP) is 1.18. The molecule has 126 valence electrons. The van der Waals surface area contributed by atoms with E-state index in [1.54, 1.807) is 16.9 Å². The van der Waals surface area contributed by atoms with E-state index in [0.717, 1.165) is 50.4 Å². The summed E-state index contributed by atoms with van der Waals surface area (Å²) in [4.78, 5) is 26.3. The van der Waals surface area contributed by atoms with Crippen molar-refractivity contribution in [2.45, 2.75) is 31.8 Å². The van der Waals surface area contributed by atoms with Crippen LogP contribution in [0, 0.1) is 0 Å². The zero-order valence-electron chi connectivity index (χ0n) is 14.1. The lowest BCUT2D eigenvalue weighted by Gasteiger charge is -2.26. The average Bonchev–Trinajstić information content (AvgIpc) is 3.22. The van der Waals surface area contributed by atoms with Crippen LogP contribution in [0.1, 0.15) is 46.5 Å². The molecular weight excluding hydrogens is 304 g/mol. The second-order valence-corrected chi connectivity index (χ2v) is 6.72. The highest BCUT2D eigenvalue weighted by Gasteiger charge is 2.34. The van der Waals surface area contributed by atoms with Gasteiger partial charge in [0.05, 0.1) is 6.04 Å². The molecule has 1 fully saturated rings. The summed E-state index contributed by atoms with van der Waals surface area (Å²) < 4.78 is 1.66. The zero-order valence-corrected chi connectivity index (χ0v) is 14.1. The maximum Gasteiger partial charge on any atom is 0.274 e. The summed E-state index contributed by atoms with van der Waals surface area (Å²) in [6.45, 7) is 2.66. The minimum atomic E-state index is -0.0375. The van der Waals surface area contributed by atoms with Crippen molar-refractivity contribution in [2.24, 2.45) is 7.05 Å². The van der Waals surface area contributed by atoms with E-state index in [9.17, 15) is 4.79 Å². The Balaban J connectivity index is 1.60. The number of fused-ring (bicyclic) bond motifs is 1. The van der Waals surface area contributed by atoms with Crippen LogP contribution in [0.15, 0.2) is 18.5 Å². The Morgan fingerprint density at radius 2 is 2.17 bits per heavy atom. The molecule has 1 atom stereocenters. The fraction of sp³-hybridized carbons (Fsp3) is 0.529. The molecule has 7 nitrogen and oxygen atoms in total. The summed E-state index contributed by atoms with van der Waals surface area (Å²) in [5, 5.41) is 4.24. The summed E-state index contributed by atoms with van der Waals surface area (Å²) in [6.07, 6.45) is 6.57. The molecular formula is C17H22N6O. The van der Waals surface area contributed by atoms with Crippen molar-refractivity contribution in [1.82, 2.24) is 29.5 Å². The molecule has 2 aliphatic rings. The smallest absolute Gasteiger partial charge is 0.274 e. The number of hydrogen-bond acceptors (Lipinski definition) is 5. The van der Waals surface area contributed by atoms with Crippen LogP contribution in [0.2, 0.25) is 0 Å². The molecule has 24 heavy (non-hydrogen) atoms. The van der Waals surface area contributed by atoms with Crippen molar-refractivity contribution in [2.75, 3.05) is 20.1 Å². The van der Waals surface area contributed by atoms with Gasteiger partial charge >= 0.3 is 0 Å². The number of carbonyl (C=O) groups excluding carboxylic acids is 1. The summed E-state index contributed by atoms with van der Waals surface area (Å²) in [5.41, 5.74) is 2.83. The van der Waals surface area contributed by atoms with Crippen LogP contribution in [0.3, 0.4) is 0 Å². The Morgan fingerprint density at radius 3 is 2.96 bits per heavy atom. The lowest BCUT2D eigenvalue weighted by Crippen LogP contribution is -2.33. The van der Waals surface area contributed by atoms with Gasteiger partial charge in [0.1, 0.15) is 5.69 Å². The van der Waals surface area contributed by atoms with Gasteiger partial charge in [-0.05, 0) is 26.0 Å². The largest absolute Gasteiger partial charge is 0.327 e. The lowest BCUT2D eigenvalue weighted by atomic mass is 10.1. The number of likely N-dealkylation sites (tertiary alicyclic amines) is 1. The number of nitrogens with zero attached hydrogens (tertiary/aromatic N) is 6. The summed E-state index contributed by atoms with van der Waals surface area (Å²) >= 11 is 0. The standard InChI is InChI=1S/C17H22N6O/c1-21-8-5-13-12(11-21)10-18-16(19-13)15-4-3-7-23(15)17(24)14-6-9-22(2)20-14/h6,9-10,15H,3-5,7-8,11H2,1-2H3/t15-/m0/s1. The molecule has 7 heteroatoms. The number of amides is 1. The highest BCUT2D eigenvalue weighted by Crippen LogP contribution is 2.31. The number of hydrogen-bond donors (Lipinski definition) is 0. The van der Waals surface area contributed by atoms with E-state index < -0.39 is 0 Å². The molecule has 0 aliphatic carbocycles. The maximum absolute atomic E-state index is 12.8. The van der Waals surface area contributed by atoms with Crippen molar-refractivity contribution in [3.8, 4) is 0 Å². The third kappa shape index (κ3) is 2.69. The second-order valence-electron chi connectivity index (χ2n) is 6.72. The van der Waals surface area contributed by atoms with Crippen molar-refractivity contribution in [3.05, 3.63) is 41.2 Å². The first-order valence-electron chi connectivity index (χ1n) is 8.45. The molecule has 1 saturated heterocycles. The van der Waals surface area contributed by atoms with Crippen molar-refractivity contribution in [1.29, 1.82) is 0 Å². The first-order chi connectivity index (χ1) is 11.6. The van der Waals surface area contributed by atoms with E-state index in [-0.39, 0.29) is 11.9 Å². The second kappa shape index (κ2) is 5.98. The third-order valence-corrected chi connectivity index (χ3v) is 4.89. The van der Waals surface area contributed by atoms with Crippen molar-refractivity contribution < 1.29 is 4.79 Å². The molecule has 0 unspecified atom stereocenters. The Morgan fingerprint density at radius 1 is 1.29 bits per heavy atom. The van der Waals surface area contributed by atoms with Crippen LogP contribution in [0.25, 0.3) is 0 Å². The fourth-order valence-corrected chi connectivity index (χ4v) is 3.59. The predicted molar refractivity (Wildman–Crippen MR) is 88.3 cm³/mol. The first-order valence-corrected chi connectivity index (χ1v) is 8.45. The van der Waals surface area contributed by atoms with Gasteiger partial charge in [-0.1, -0.05) is 0 Å². The molecule has 2 aromatic rings. The average molecular weight is 326 g/mol. The van der Waals surface area contributed by atoms with Gasteiger partial charge in [-0.2, -0.15) is 5.10 Å². The first kappa shape index (κ1) is 15.3. The zero-order chi connectivity index (χ0) is 16.7. The molecule has 4 heterocycles. The van der Waals surface area contributed by atoms with Gasteiger partial charge < -0.3 is 9.80 Å². The minimum absolute atomic E-state index is 0.0286. The summed E-state index contributed by atoms with van der Waals surface area (Å²) in [5.74, 6) is 0.749. The summed E-state index contributed by atoms with van der Waals surface area (Å²) in [7, 11) is 3.93. The highest BCUT2D eigenvalue weighted by atomic mass is 16.2. The van der Waals surface area contributed by atoms with E-state index in [1.807, 2.05) is 18.1 Å².